The zero-order chi connectivity index (χ0) is 19.3. The summed E-state index contributed by atoms with van der Waals surface area (Å²) in [5.74, 6) is -0.0479. The molecule has 0 radical (unpaired) electrons. The number of urea groups is 1. The van der Waals surface area contributed by atoms with Crippen LogP contribution in [-0.2, 0) is 11.0 Å². The lowest BCUT2D eigenvalue weighted by atomic mass is 10.1. The summed E-state index contributed by atoms with van der Waals surface area (Å²) in [4.78, 5) is 25.7. The molecular formula is C18H24F3N3O2. The van der Waals surface area contributed by atoms with Crippen molar-refractivity contribution in [2.24, 2.45) is 0 Å². The second kappa shape index (κ2) is 8.42. The van der Waals surface area contributed by atoms with Crippen molar-refractivity contribution in [1.82, 2.24) is 10.2 Å². The van der Waals surface area contributed by atoms with E-state index < -0.39 is 17.8 Å². The van der Waals surface area contributed by atoms with Crippen LogP contribution < -0.4 is 10.6 Å². The van der Waals surface area contributed by atoms with Crippen molar-refractivity contribution < 1.29 is 22.8 Å². The molecule has 1 aliphatic rings. The number of rotatable bonds is 4. The molecule has 0 unspecified atom stereocenters. The molecule has 1 fully saturated rings. The van der Waals surface area contributed by atoms with Crippen molar-refractivity contribution in [3.05, 3.63) is 29.3 Å². The monoisotopic (exact) mass is 371 g/mol. The van der Waals surface area contributed by atoms with Crippen LogP contribution >= 0.6 is 0 Å². The molecule has 0 aromatic heterocycles. The topological polar surface area (TPSA) is 61.4 Å². The average Bonchev–Trinajstić information content (AvgIpc) is 2.54. The first-order valence-corrected chi connectivity index (χ1v) is 8.73. The van der Waals surface area contributed by atoms with Gasteiger partial charge >= 0.3 is 12.2 Å². The second-order valence-electron chi connectivity index (χ2n) is 6.62. The maximum atomic E-state index is 12.9. The van der Waals surface area contributed by atoms with Gasteiger partial charge in [-0.05, 0) is 49.9 Å². The van der Waals surface area contributed by atoms with Gasteiger partial charge in [-0.25, -0.2) is 4.79 Å². The molecule has 2 rings (SSSR count). The first kappa shape index (κ1) is 20.1. The Hall–Kier alpha value is -2.25. The second-order valence-corrected chi connectivity index (χ2v) is 6.62. The van der Waals surface area contributed by atoms with Crippen molar-refractivity contribution in [3.8, 4) is 0 Å². The first-order chi connectivity index (χ1) is 12.2. The number of amides is 3. The number of piperidine rings is 1. The Morgan fingerprint density at radius 2 is 2.00 bits per heavy atom. The van der Waals surface area contributed by atoms with Gasteiger partial charge in [0.05, 0.1) is 5.56 Å². The van der Waals surface area contributed by atoms with Gasteiger partial charge in [-0.2, -0.15) is 13.2 Å². The molecule has 5 nitrogen and oxygen atoms in total. The third kappa shape index (κ3) is 5.64. The number of nitrogens with one attached hydrogen (secondary N) is 2. The van der Waals surface area contributed by atoms with E-state index in [-0.39, 0.29) is 17.6 Å². The number of anilines is 1. The summed E-state index contributed by atoms with van der Waals surface area (Å²) in [6, 6.07) is 2.87. The minimum Gasteiger partial charge on any atom is -0.352 e. The maximum Gasteiger partial charge on any atom is 0.416 e. The van der Waals surface area contributed by atoms with Crippen molar-refractivity contribution >= 4 is 17.6 Å². The van der Waals surface area contributed by atoms with Crippen LogP contribution in [0.2, 0.25) is 0 Å². The smallest absolute Gasteiger partial charge is 0.352 e. The van der Waals surface area contributed by atoms with E-state index in [1.165, 1.54) is 11.0 Å². The van der Waals surface area contributed by atoms with E-state index in [2.05, 4.69) is 10.6 Å². The van der Waals surface area contributed by atoms with Crippen LogP contribution in [0.1, 0.15) is 43.7 Å². The predicted octanol–water partition coefficient (Wildman–Crippen LogP) is 3.93. The third-order valence-electron chi connectivity index (χ3n) is 4.21. The molecule has 0 bridgehead atoms. The minimum absolute atomic E-state index is 0.0479. The van der Waals surface area contributed by atoms with Gasteiger partial charge in [0.2, 0.25) is 5.91 Å². The highest BCUT2D eigenvalue weighted by atomic mass is 19.4. The molecule has 144 valence electrons. The zero-order valence-electron chi connectivity index (χ0n) is 14.9. The molecule has 1 heterocycles. The molecule has 0 spiro atoms. The molecule has 1 aromatic carbocycles. The van der Waals surface area contributed by atoms with Gasteiger partial charge in [-0.3, -0.25) is 4.79 Å². The molecule has 1 atom stereocenters. The zero-order valence-corrected chi connectivity index (χ0v) is 14.9. The summed E-state index contributed by atoms with van der Waals surface area (Å²) in [7, 11) is 0. The van der Waals surface area contributed by atoms with E-state index in [0.717, 1.165) is 31.4 Å². The van der Waals surface area contributed by atoms with E-state index in [4.69, 9.17) is 0 Å². The van der Waals surface area contributed by atoms with Crippen LogP contribution in [0.15, 0.2) is 18.2 Å². The van der Waals surface area contributed by atoms with Gasteiger partial charge in [0.15, 0.2) is 0 Å². The summed E-state index contributed by atoms with van der Waals surface area (Å²) in [5.41, 5.74) is -0.269. The number of carbonyl (C=O) groups is 2. The Morgan fingerprint density at radius 1 is 1.27 bits per heavy atom. The summed E-state index contributed by atoms with van der Waals surface area (Å²) >= 11 is 0. The van der Waals surface area contributed by atoms with E-state index in [0.29, 0.717) is 25.1 Å². The number of benzene rings is 1. The Labute approximate surface area is 150 Å². The minimum atomic E-state index is -4.47. The number of hydrogen-bond donors (Lipinski definition) is 2. The molecule has 2 N–H and O–H groups in total. The number of halogens is 3. The number of nitrogens with zero attached hydrogens (tertiary/aromatic N) is 1. The molecule has 0 aliphatic carbocycles. The van der Waals surface area contributed by atoms with Crippen molar-refractivity contribution in [1.29, 1.82) is 0 Å². The molecular weight excluding hydrogens is 347 g/mol. The van der Waals surface area contributed by atoms with Gasteiger partial charge < -0.3 is 15.5 Å². The largest absolute Gasteiger partial charge is 0.416 e. The quantitative estimate of drug-likeness (QED) is 0.843. The fourth-order valence-electron chi connectivity index (χ4n) is 3.03. The lowest BCUT2D eigenvalue weighted by molar-refractivity contribution is -0.137. The third-order valence-corrected chi connectivity index (χ3v) is 4.21. The summed E-state index contributed by atoms with van der Waals surface area (Å²) < 4.78 is 38.7. The maximum absolute atomic E-state index is 12.9. The van der Waals surface area contributed by atoms with Gasteiger partial charge in [0.25, 0.3) is 0 Å². The number of carbonyl (C=O) groups excluding carboxylic acids is 2. The normalized spacial score (nSPS) is 17.7. The number of hydrogen-bond acceptors (Lipinski definition) is 2. The lowest BCUT2D eigenvalue weighted by Crippen LogP contribution is -2.50. The molecule has 1 aliphatic heterocycles. The molecule has 8 heteroatoms. The Bertz CT molecular complexity index is 662. The first-order valence-electron chi connectivity index (χ1n) is 8.73. The molecule has 3 amide bonds. The highest BCUT2D eigenvalue weighted by molar-refractivity contribution is 5.89. The lowest BCUT2D eigenvalue weighted by Gasteiger charge is -2.33. The number of likely N-dealkylation sites (tertiary alicyclic amines) is 1. The fourth-order valence-corrected chi connectivity index (χ4v) is 3.03. The standard InChI is InChI=1S/C18H24F3N3O2/c1-3-5-16(25)22-14-6-4-7-24(11-14)17(26)23-15-9-12(2)8-13(10-15)18(19,20)21/h8-10,14H,3-7,11H2,1-2H3,(H,22,25)(H,23,26)/t14-/m0/s1. The van der Waals surface area contributed by atoms with Crippen LogP contribution in [0.4, 0.5) is 23.7 Å². The molecule has 1 saturated heterocycles. The number of aryl methyl sites for hydroxylation is 1. The summed E-state index contributed by atoms with van der Waals surface area (Å²) in [6.07, 6.45) is -1.77. The van der Waals surface area contributed by atoms with Crippen molar-refractivity contribution in [2.45, 2.75) is 51.7 Å². The highest BCUT2D eigenvalue weighted by Gasteiger charge is 2.31. The highest BCUT2D eigenvalue weighted by Crippen LogP contribution is 2.32. The van der Waals surface area contributed by atoms with Crippen LogP contribution in [0.5, 0.6) is 0 Å². The Balaban J connectivity index is 2.01. The average molecular weight is 371 g/mol. The van der Waals surface area contributed by atoms with Crippen LogP contribution in [-0.4, -0.2) is 36.0 Å². The predicted molar refractivity (Wildman–Crippen MR) is 92.8 cm³/mol. The van der Waals surface area contributed by atoms with Gasteiger partial charge in [0, 0.05) is 31.2 Å². The van der Waals surface area contributed by atoms with E-state index in [9.17, 15) is 22.8 Å². The van der Waals surface area contributed by atoms with E-state index in [1.54, 1.807) is 6.92 Å². The SMILES string of the molecule is CCCC(=O)N[C@H]1CCCN(C(=O)Nc2cc(C)cc(C(F)(F)F)c2)C1. The van der Waals surface area contributed by atoms with Gasteiger partial charge in [-0.1, -0.05) is 6.92 Å². The fraction of sp³-hybridized carbons (Fsp3) is 0.556. The van der Waals surface area contributed by atoms with Crippen LogP contribution in [0, 0.1) is 6.92 Å². The molecule has 1 aromatic rings. The molecule has 0 saturated carbocycles. The van der Waals surface area contributed by atoms with Crippen LogP contribution in [0.3, 0.4) is 0 Å². The van der Waals surface area contributed by atoms with Crippen molar-refractivity contribution in [3.63, 3.8) is 0 Å². The summed E-state index contributed by atoms with van der Waals surface area (Å²) in [5, 5.41) is 5.44. The van der Waals surface area contributed by atoms with E-state index >= 15 is 0 Å². The molecule has 26 heavy (non-hydrogen) atoms. The van der Waals surface area contributed by atoms with E-state index in [1.807, 2.05) is 6.92 Å². The van der Waals surface area contributed by atoms with Crippen molar-refractivity contribution in [2.75, 3.05) is 18.4 Å². The van der Waals surface area contributed by atoms with Gasteiger partial charge in [0.1, 0.15) is 0 Å². The number of alkyl halides is 3. The van der Waals surface area contributed by atoms with Gasteiger partial charge in [-0.15, -0.1) is 0 Å². The summed E-state index contributed by atoms with van der Waals surface area (Å²) in [6.45, 7) is 4.31. The Kier molecular flexibility index (Phi) is 6.50. The Morgan fingerprint density at radius 3 is 2.65 bits per heavy atom. The van der Waals surface area contributed by atoms with Crippen LogP contribution in [0.25, 0.3) is 0 Å².